The van der Waals surface area contributed by atoms with Crippen molar-refractivity contribution in [3.63, 3.8) is 0 Å². The van der Waals surface area contributed by atoms with Gasteiger partial charge in [0.25, 0.3) is 0 Å². The number of nitrogens with one attached hydrogen (secondary N) is 1. The van der Waals surface area contributed by atoms with Crippen LogP contribution in [-0.4, -0.2) is 7.05 Å². The van der Waals surface area contributed by atoms with Gasteiger partial charge in [0.2, 0.25) is 0 Å². The van der Waals surface area contributed by atoms with Crippen LogP contribution in [0.2, 0.25) is 0 Å². The van der Waals surface area contributed by atoms with Gasteiger partial charge in [-0.25, -0.2) is 13.2 Å². The lowest BCUT2D eigenvalue weighted by atomic mass is 10.0. The van der Waals surface area contributed by atoms with Crippen molar-refractivity contribution >= 4 is 0 Å². The first-order valence-electron chi connectivity index (χ1n) is 5.49. The minimum absolute atomic E-state index is 0.188. The number of benzene rings is 2. The molecule has 0 unspecified atom stereocenters. The minimum Gasteiger partial charge on any atom is -0.316 e. The van der Waals surface area contributed by atoms with Gasteiger partial charge in [-0.1, -0.05) is 12.1 Å². The van der Waals surface area contributed by atoms with Gasteiger partial charge in [-0.15, -0.1) is 0 Å². The topological polar surface area (TPSA) is 12.0 Å². The Labute approximate surface area is 103 Å². The van der Waals surface area contributed by atoms with Crippen LogP contribution in [0.4, 0.5) is 13.2 Å². The van der Waals surface area contributed by atoms with E-state index in [2.05, 4.69) is 5.32 Å². The van der Waals surface area contributed by atoms with Gasteiger partial charge in [-0.2, -0.15) is 0 Å². The molecule has 4 heteroatoms. The molecular formula is C14H12F3N. The van der Waals surface area contributed by atoms with E-state index in [9.17, 15) is 13.2 Å². The monoisotopic (exact) mass is 251 g/mol. The predicted octanol–water partition coefficient (Wildman–Crippen LogP) is 3.49. The van der Waals surface area contributed by atoms with Gasteiger partial charge < -0.3 is 5.32 Å². The van der Waals surface area contributed by atoms with E-state index in [0.29, 0.717) is 6.54 Å². The van der Waals surface area contributed by atoms with Crippen molar-refractivity contribution < 1.29 is 13.2 Å². The Balaban J connectivity index is 2.44. The molecule has 2 aromatic rings. The van der Waals surface area contributed by atoms with Crippen LogP contribution in [0.25, 0.3) is 11.1 Å². The molecule has 94 valence electrons. The zero-order valence-electron chi connectivity index (χ0n) is 9.81. The number of rotatable bonds is 3. The van der Waals surface area contributed by atoms with Gasteiger partial charge in [0.15, 0.2) is 0 Å². The molecule has 18 heavy (non-hydrogen) atoms. The predicted molar refractivity (Wildman–Crippen MR) is 64.5 cm³/mol. The van der Waals surface area contributed by atoms with Crippen molar-refractivity contribution in [2.45, 2.75) is 6.54 Å². The quantitative estimate of drug-likeness (QED) is 0.880. The second kappa shape index (κ2) is 5.23. The molecule has 0 heterocycles. The summed E-state index contributed by atoms with van der Waals surface area (Å²) in [5.41, 5.74) is 1.16. The van der Waals surface area contributed by atoms with Crippen molar-refractivity contribution in [3.8, 4) is 11.1 Å². The molecule has 2 aromatic carbocycles. The largest absolute Gasteiger partial charge is 0.316 e. The minimum atomic E-state index is -0.719. The maximum absolute atomic E-state index is 13.8. The van der Waals surface area contributed by atoms with E-state index in [1.807, 2.05) is 0 Å². The third-order valence-electron chi connectivity index (χ3n) is 2.59. The van der Waals surface area contributed by atoms with Gasteiger partial charge in [0, 0.05) is 18.2 Å². The van der Waals surface area contributed by atoms with Gasteiger partial charge in [0.05, 0.1) is 0 Å². The lowest BCUT2D eigenvalue weighted by Gasteiger charge is -2.07. The number of halogens is 3. The SMILES string of the molecule is CNCc1ccc(-c2cc(F)cc(F)c2)c(F)c1. The number of hydrogen-bond donors (Lipinski definition) is 1. The fraction of sp³-hybridized carbons (Fsp3) is 0.143. The van der Waals surface area contributed by atoms with Crippen molar-refractivity contribution in [1.29, 1.82) is 0 Å². The Morgan fingerprint density at radius 1 is 0.944 bits per heavy atom. The van der Waals surface area contributed by atoms with E-state index in [-0.39, 0.29) is 11.1 Å². The van der Waals surface area contributed by atoms with E-state index in [4.69, 9.17) is 0 Å². The first-order valence-corrected chi connectivity index (χ1v) is 5.49. The van der Waals surface area contributed by atoms with E-state index in [1.165, 1.54) is 12.1 Å². The standard InChI is InChI=1S/C14H12F3N/c1-18-8-9-2-3-13(14(17)4-9)10-5-11(15)7-12(16)6-10/h2-7,18H,8H2,1H3. The molecule has 0 atom stereocenters. The second-order valence-corrected chi connectivity index (χ2v) is 4.00. The molecule has 1 nitrogen and oxygen atoms in total. The molecule has 0 bridgehead atoms. The summed E-state index contributed by atoms with van der Waals surface area (Å²) in [7, 11) is 1.76. The molecule has 0 aliphatic heterocycles. The Hall–Kier alpha value is -1.81. The van der Waals surface area contributed by atoms with Crippen LogP contribution in [0.5, 0.6) is 0 Å². The molecule has 0 aliphatic rings. The van der Waals surface area contributed by atoms with E-state index < -0.39 is 17.5 Å². The normalized spacial score (nSPS) is 10.7. The van der Waals surface area contributed by atoms with Crippen molar-refractivity contribution in [2.75, 3.05) is 7.05 Å². The first-order chi connectivity index (χ1) is 8.60. The van der Waals surface area contributed by atoms with Gasteiger partial charge in [0.1, 0.15) is 17.5 Å². The van der Waals surface area contributed by atoms with Crippen LogP contribution < -0.4 is 5.32 Å². The van der Waals surface area contributed by atoms with Crippen LogP contribution in [-0.2, 0) is 6.54 Å². The van der Waals surface area contributed by atoms with Crippen LogP contribution in [0.1, 0.15) is 5.56 Å². The maximum Gasteiger partial charge on any atom is 0.131 e. The molecule has 1 N–H and O–H groups in total. The summed E-state index contributed by atoms with van der Waals surface area (Å²) >= 11 is 0. The van der Waals surface area contributed by atoms with Crippen molar-refractivity contribution in [1.82, 2.24) is 5.32 Å². The summed E-state index contributed by atoms with van der Waals surface area (Å²) in [6.45, 7) is 0.536. The summed E-state index contributed by atoms with van der Waals surface area (Å²) in [4.78, 5) is 0. The molecule has 0 spiro atoms. The Kier molecular flexibility index (Phi) is 3.67. The number of hydrogen-bond acceptors (Lipinski definition) is 1. The average molecular weight is 251 g/mol. The van der Waals surface area contributed by atoms with Gasteiger partial charge >= 0.3 is 0 Å². The lowest BCUT2D eigenvalue weighted by molar-refractivity contribution is 0.583. The highest BCUT2D eigenvalue weighted by Gasteiger charge is 2.08. The summed E-state index contributed by atoms with van der Waals surface area (Å²) in [5.74, 6) is -1.93. The highest BCUT2D eigenvalue weighted by molar-refractivity contribution is 5.64. The highest BCUT2D eigenvalue weighted by Crippen LogP contribution is 2.25. The Morgan fingerprint density at radius 2 is 1.61 bits per heavy atom. The van der Waals surface area contributed by atoms with Crippen LogP contribution in [0, 0.1) is 17.5 Å². The summed E-state index contributed by atoms with van der Waals surface area (Å²) < 4.78 is 40.0. The molecule has 0 radical (unpaired) electrons. The van der Waals surface area contributed by atoms with Crippen LogP contribution in [0.3, 0.4) is 0 Å². The molecule has 2 rings (SSSR count). The summed E-state index contributed by atoms with van der Waals surface area (Å²) in [6.07, 6.45) is 0. The van der Waals surface area contributed by atoms with Crippen molar-refractivity contribution in [2.24, 2.45) is 0 Å². The summed E-state index contributed by atoms with van der Waals surface area (Å²) in [6, 6.07) is 7.58. The smallest absolute Gasteiger partial charge is 0.131 e. The summed E-state index contributed by atoms with van der Waals surface area (Å²) in [5, 5.41) is 2.90. The lowest BCUT2D eigenvalue weighted by Crippen LogP contribution is -2.05. The zero-order valence-corrected chi connectivity index (χ0v) is 9.81. The maximum atomic E-state index is 13.8. The van der Waals surface area contributed by atoms with Gasteiger partial charge in [-0.05, 0) is 36.4 Å². The third-order valence-corrected chi connectivity index (χ3v) is 2.59. The third kappa shape index (κ3) is 2.71. The first kappa shape index (κ1) is 12.6. The Morgan fingerprint density at radius 3 is 2.17 bits per heavy atom. The van der Waals surface area contributed by atoms with Crippen LogP contribution >= 0.6 is 0 Å². The molecule has 0 fully saturated rings. The second-order valence-electron chi connectivity index (χ2n) is 4.00. The molecule has 0 saturated carbocycles. The molecule has 0 aromatic heterocycles. The van der Waals surface area contributed by atoms with Crippen LogP contribution in [0.15, 0.2) is 36.4 Å². The molecular weight excluding hydrogens is 239 g/mol. The molecule has 0 aliphatic carbocycles. The van der Waals surface area contributed by atoms with Crippen molar-refractivity contribution in [3.05, 3.63) is 59.4 Å². The van der Waals surface area contributed by atoms with E-state index in [0.717, 1.165) is 23.8 Å². The fourth-order valence-electron chi connectivity index (χ4n) is 1.82. The molecule has 0 amide bonds. The van der Waals surface area contributed by atoms with E-state index in [1.54, 1.807) is 13.1 Å². The highest BCUT2D eigenvalue weighted by atomic mass is 19.1. The Bertz CT molecular complexity index is 547. The fourth-order valence-corrected chi connectivity index (χ4v) is 1.82. The van der Waals surface area contributed by atoms with E-state index >= 15 is 0 Å². The average Bonchev–Trinajstić information content (AvgIpc) is 2.28. The zero-order chi connectivity index (χ0) is 13.1. The van der Waals surface area contributed by atoms with Gasteiger partial charge in [-0.3, -0.25) is 0 Å². The molecule has 0 saturated heterocycles.